The van der Waals surface area contributed by atoms with Crippen LogP contribution < -0.4 is 5.32 Å². The number of carbonyl (C=O) groups excluding carboxylic acids is 2. The third-order valence-electron chi connectivity index (χ3n) is 4.20. The molecule has 3 rings (SSSR count). The molecule has 1 aliphatic heterocycles. The molecule has 1 fully saturated rings. The van der Waals surface area contributed by atoms with Crippen molar-refractivity contribution in [2.24, 2.45) is 0 Å². The number of hydrogen-bond acceptors (Lipinski definition) is 4. The van der Waals surface area contributed by atoms with E-state index in [1.165, 1.54) is 18.3 Å². The number of nitrogens with zero attached hydrogens (tertiary/aromatic N) is 2. The van der Waals surface area contributed by atoms with Gasteiger partial charge in [0.2, 0.25) is 5.91 Å². The first kappa shape index (κ1) is 16.6. The van der Waals surface area contributed by atoms with Gasteiger partial charge in [-0.1, -0.05) is 0 Å². The third kappa shape index (κ3) is 3.64. The monoisotopic (exact) mass is 343 g/mol. The zero-order valence-corrected chi connectivity index (χ0v) is 14.7. The number of nitrogens with one attached hydrogen (secondary N) is 1. The Hall–Kier alpha value is -2.21. The molecule has 5 nitrogen and oxygen atoms in total. The number of pyridine rings is 1. The molecule has 1 aliphatic rings. The first-order chi connectivity index (χ1) is 11.5. The van der Waals surface area contributed by atoms with E-state index < -0.39 is 0 Å². The molecule has 1 saturated heterocycles. The molecular formula is C18H21N3O2S. The number of likely N-dealkylation sites (tertiary alicyclic amines) is 1. The van der Waals surface area contributed by atoms with Gasteiger partial charge < -0.3 is 10.2 Å². The van der Waals surface area contributed by atoms with Crippen molar-refractivity contribution in [3.8, 4) is 0 Å². The predicted molar refractivity (Wildman–Crippen MR) is 93.8 cm³/mol. The number of aromatic nitrogens is 1. The molecule has 3 heterocycles. The quantitative estimate of drug-likeness (QED) is 0.928. The van der Waals surface area contributed by atoms with E-state index >= 15 is 0 Å². The van der Waals surface area contributed by atoms with E-state index in [2.05, 4.69) is 10.3 Å². The van der Waals surface area contributed by atoms with Crippen LogP contribution in [0.5, 0.6) is 0 Å². The molecule has 0 bridgehead atoms. The molecule has 0 aromatic carbocycles. The smallest absolute Gasteiger partial charge is 0.264 e. The largest absolute Gasteiger partial charge is 0.351 e. The van der Waals surface area contributed by atoms with Gasteiger partial charge in [0.05, 0.1) is 23.2 Å². The van der Waals surface area contributed by atoms with Crippen LogP contribution in [0.4, 0.5) is 0 Å². The maximum atomic E-state index is 12.8. The fraction of sp³-hybridized carbons (Fsp3) is 0.389. The fourth-order valence-corrected chi connectivity index (χ4v) is 3.91. The molecule has 0 aliphatic carbocycles. The van der Waals surface area contributed by atoms with Crippen LogP contribution in [0.25, 0.3) is 0 Å². The summed E-state index contributed by atoms with van der Waals surface area (Å²) in [4.78, 5) is 30.9. The van der Waals surface area contributed by atoms with E-state index in [-0.39, 0.29) is 17.9 Å². The molecule has 0 spiro atoms. The molecule has 2 aromatic heterocycles. The van der Waals surface area contributed by atoms with Crippen molar-refractivity contribution < 1.29 is 9.59 Å². The lowest BCUT2D eigenvalue weighted by Crippen LogP contribution is -2.30. The summed E-state index contributed by atoms with van der Waals surface area (Å²) in [5, 5.41) is 4.77. The molecule has 6 heteroatoms. The Morgan fingerprint density at radius 2 is 2.25 bits per heavy atom. The number of carbonyl (C=O) groups is 2. The highest BCUT2D eigenvalue weighted by Gasteiger charge is 2.31. The van der Waals surface area contributed by atoms with Gasteiger partial charge in [-0.05, 0) is 54.5 Å². The van der Waals surface area contributed by atoms with Crippen molar-refractivity contribution >= 4 is 23.2 Å². The third-order valence-corrected chi connectivity index (χ3v) is 5.23. The fourth-order valence-electron chi connectivity index (χ4n) is 3.06. The minimum atomic E-state index is -0.0760. The van der Waals surface area contributed by atoms with Crippen LogP contribution in [-0.2, 0) is 11.3 Å². The second-order valence-electron chi connectivity index (χ2n) is 6.14. The highest BCUT2D eigenvalue weighted by molar-refractivity contribution is 7.12. The lowest BCUT2D eigenvalue weighted by atomic mass is 10.0. The van der Waals surface area contributed by atoms with Gasteiger partial charge >= 0.3 is 0 Å². The van der Waals surface area contributed by atoms with Crippen molar-refractivity contribution in [3.63, 3.8) is 0 Å². The van der Waals surface area contributed by atoms with Crippen molar-refractivity contribution in [2.75, 3.05) is 6.54 Å². The summed E-state index contributed by atoms with van der Waals surface area (Å²) in [6, 6.07) is 6.00. The van der Waals surface area contributed by atoms with E-state index in [1.807, 2.05) is 35.4 Å². The van der Waals surface area contributed by atoms with E-state index in [0.29, 0.717) is 6.54 Å². The predicted octanol–water partition coefficient (Wildman–Crippen LogP) is 3.06. The Labute approximate surface area is 145 Å². The molecule has 0 unspecified atom stereocenters. The van der Waals surface area contributed by atoms with Gasteiger partial charge in [-0.2, -0.15) is 0 Å². The van der Waals surface area contributed by atoms with Crippen LogP contribution in [0.15, 0.2) is 29.8 Å². The maximum absolute atomic E-state index is 12.8. The van der Waals surface area contributed by atoms with Crippen molar-refractivity contribution in [3.05, 3.63) is 51.5 Å². The maximum Gasteiger partial charge on any atom is 0.264 e. The second-order valence-corrected chi connectivity index (χ2v) is 7.05. The van der Waals surface area contributed by atoms with Gasteiger partial charge in [0, 0.05) is 19.7 Å². The van der Waals surface area contributed by atoms with E-state index in [1.54, 1.807) is 6.20 Å². The molecule has 1 N–H and O–H groups in total. The van der Waals surface area contributed by atoms with Gasteiger partial charge in [0.1, 0.15) is 0 Å². The van der Waals surface area contributed by atoms with E-state index in [4.69, 9.17) is 0 Å². The standard InChI is InChI=1S/C18H21N3O2S/c1-12-8-17(24-11-12)18(23)21-7-3-4-16(21)14-5-6-19-15(9-14)10-20-13(2)22/h5-6,8-9,11,16H,3-4,7,10H2,1-2H3,(H,20,22)/t16-/m1/s1. The Kier molecular flexibility index (Phi) is 4.94. The lowest BCUT2D eigenvalue weighted by Gasteiger charge is -2.25. The molecular weight excluding hydrogens is 322 g/mol. The molecule has 24 heavy (non-hydrogen) atoms. The van der Waals surface area contributed by atoms with E-state index in [0.717, 1.165) is 41.1 Å². The van der Waals surface area contributed by atoms with Gasteiger partial charge in [-0.3, -0.25) is 14.6 Å². The summed E-state index contributed by atoms with van der Waals surface area (Å²) in [7, 11) is 0. The lowest BCUT2D eigenvalue weighted by molar-refractivity contribution is -0.119. The molecule has 2 amide bonds. The van der Waals surface area contributed by atoms with Crippen LogP contribution in [0.2, 0.25) is 0 Å². The number of rotatable bonds is 4. The van der Waals surface area contributed by atoms with Crippen molar-refractivity contribution in [1.82, 2.24) is 15.2 Å². The summed E-state index contributed by atoms with van der Waals surface area (Å²) >= 11 is 1.51. The zero-order chi connectivity index (χ0) is 17.1. The van der Waals surface area contributed by atoms with Gasteiger partial charge in [-0.25, -0.2) is 0 Å². The number of amides is 2. The second kappa shape index (κ2) is 7.13. The minimum Gasteiger partial charge on any atom is -0.351 e. The average Bonchev–Trinajstić information content (AvgIpc) is 3.21. The van der Waals surface area contributed by atoms with Crippen LogP contribution in [-0.4, -0.2) is 28.2 Å². The first-order valence-corrected chi connectivity index (χ1v) is 8.98. The summed E-state index contributed by atoms with van der Waals surface area (Å²) in [5.74, 6) is 0.0313. The number of hydrogen-bond donors (Lipinski definition) is 1. The van der Waals surface area contributed by atoms with Crippen LogP contribution >= 0.6 is 11.3 Å². The normalized spacial score (nSPS) is 17.1. The van der Waals surface area contributed by atoms with E-state index in [9.17, 15) is 9.59 Å². The van der Waals surface area contributed by atoms with Crippen LogP contribution in [0, 0.1) is 6.92 Å². The highest BCUT2D eigenvalue weighted by Crippen LogP contribution is 2.34. The molecule has 126 valence electrons. The van der Waals surface area contributed by atoms with Gasteiger partial charge in [0.25, 0.3) is 5.91 Å². The van der Waals surface area contributed by atoms with Crippen molar-refractivity contribution in [2.45, 2.75) is 39.3 Å². The molecule has 1 atom stereocenters. The summed E-state index contributed by atoms with van der Waals surface area (Å²) in [5.41, 5.74) is 3.03. The summed E-state index contributed by atoms with van der Waals surface area (Å²) in [6.07, 6.45) is 3.71. The molecule has 0 saturated carbocycles. The van der Waals surface area contributed by atoms with Crippen LogP contribution in [0.3, 0.4) is 0 Å². The highest BCUT2D eigenvalue weighted by atomic mass is 32.1. The Balaban J connectivity index is 1.79. The number of aryl methyl sites for hydroxylation is 1. The van der Waals surface area contributed by atoms with Crippen molar-refractivity contribution in [1.29, 1.82) is 0 Å². The molecule has 0 radical (unpaired) electrons. The number of thiophene rings is 1. The van der Waals surface area contributed by atoms with Gasteiger partial charge in [0.15, 0.2) is 0 Å². The summed E-state index contributed by atoms with van der Waals surface area (Å²) < 4.78 is 0. The first-order valence-electron chi connectivity index (χ1n) is 8.10. The van der Waals surface area contributed by atoms with Crippen LogP contribution in [0.1, 0.15) is 52.3 Å². The Morgan fingerprint density at radius 3 is 2.96 bits per heavy atom. The Morgan fingerprint density at radius 1 is 1.42 bits per heavy atom. The zero-order valence-electron chi connectivity index (χ0n) is 13.9. The average molecular weight is 343 g/mol. The minimum absolute atomic E-state index is 0.0760. The summed E-state index contributed by atoms with van der Waals surface area (Å²) in [6.45, 7) is 4.69. The Bertz CT molecular complexity index is 756. The molecule has 2 aromatic rings. The van der Waals surface area contributed by atoms with Gasteiger partial charge in [-0.15, -0.1) is 11.3 Å². The SMILES string of the molecule is CC(=O)NCc1cc([C@H]2CCCN2C(=O)c2cc(C)cs2)ccn1. The topological polar surface area (TPSA) is 62.3 Å².